The topological polar surface area (TPSA) is 140 Å². The van der Waals surface area contributed by atoms with E-state index in [4.69, 9.17) is 15.5 Å². The van der Waals surface area contributed by atoms with Crippen LogP contribution in [0.5, 0.6) is 5.75 Å². The van der Waals surface area contributed by atoms with Crippen molar-refractivity contribution < 1.29 is 19.7 Å². The van der Waals surface area contributed by atoms with Crippen molar-refractivity contribution in [2.45, 2.75) is 52.9 Å². The molecule has 0 spiro atoms. The highest BCUT2D eigenvalue weighted by molar-refractivity contribution is 5.95. The predicted octanol–water partition coefficient (Wildman–Crippen LogP) is 2.82. The molecule has 4 N–H and O–H groups in total. The van der Waals surface area contributed by atoms with Gasteiger partial charge in [-0.25, -0.2) is 14.8 Å². The number of esters is 1. The van der Waals surface area contributed by atoms with Gasteiger partial charge >= 0.3 is 5.97 Å². The number of phenolic OH excluding ortho intramolecular Hbond substituents is 1. The maximum absolute atomic E-state index is 13.3. The van der Waals surface area contributed by atoms with Crippen LogP contribution < -0.4 is 11.3 Å². The molecular formula is C25H26N4O5. The average molecular weight is 463 g/mol. The first-order valence-corrected chi connectivity index (χ1v) is 11.1. The van der Waals surface area contributed by atoms with Gasteiger partial charge in [0.2, 0.25) is 0 Å². The molecule has 2 aromatic heterocycles. The van der Waals surface area contributed by atoms with Crippen molar-refractivity contribution in [1.29, 1.82) is 0 Å². The Balaban J connectivity index is 1.69. The number of hydrogen-bond donors (Lipinski definition) is 3. The van der Waals surface area contributed by atoms with Gasteiger partial charge < -0.3 is 25.3 Å². The molecule has 9 nitrogen and oxygen atoms in total. The Morgan fingerprint density at radius 1 is 1.29 bits per heavy atom. The quantitative estimate of drug-likeness (QED) is 0.236. The lowest BCUT2D eigenvalue weighted by molar-refractivity contribution is -0.172. The van der Waals surface area contributed by atoms with Gasteiger partial charge in [0, 0.05) is 21.9 Å². The highest BCUT2D eigenvalue weighted by Crippen LogP contribution is 2.41. The Labute approximate surface area is 195 Å². The van der Waals surface area contributed by atoms with Crippen molar-refractivity contribution >= 4 is 28.4 Å². The normalized spacial score (nSPS) is 19.6. The number of pyridine rings is 2. The molecule has 9 heteroatoms. The maximum Gasteiger partial charge on any atom is 0.343 e. The number of nitrogens with two attached hydrogens (primary N) is 1. The number of cyclic esters (lactones) is 1. The molecule has 0 saturated heterocycles. The van der Waals surface area contributed by atoms with E-state index in [0.29, 0.717) is 33.8 Å². The van der Waals surface area contributed by atoms with Gasteiger partial charge in [0.25, 0.3) is 5.56 Å². The summed E-state index contributed by atoms with van der Waals surface area (Å²) in [4.78, 5) is 34.7. The summed E-state index contributed by atoms with van der Waals surface area (Å²) in [7, 11) is 0. The Hall–Kier alpha value is -3.72. The number of fused-ring (bicyclic) bond motifs is 5. The molecule has 0 amide bonds. The average Bonchev–Trinajstić information content (AvgIpc) is 3.15. The number of rotatable bonds is 2. The number of amidine groups is 1. The number of ether oxygens (including phenoxy) is 1. The van der Waals surface area contributed by atoms with Crippen molar-refractivity contribution in [3.8, 4) is 17.1 Å². The SMILES string of the molecule is CC[C@@]1(O)C(=O)OCc2c1cc1n(c2=O)Cc2cc3c(O)c(N=C(N)C(C)(C)C)ccc3nc2-1. The number of carbonyl (C=O) groups is 1. The summed E-state index contributed by atoms with van der Waals surface area (Å²) in [5.74, 6) is -0.410. The first kappa shape index (κ1) is 22.1. The first-order chi connectivity index (χ1) is 16.0. The van der Waals surface area contributed by atoms with E-state index in [1.54, 1.807) is 35.8 Å². The zero-order valence-corrected chi connectivity index (χ0v) is 19.5. The van der Waals surface area contributed by atoms with Crippen LogP contribution in [0.1, 0.15) is 50.8 Å². The van der Waals surface area contributed by atoms with Gasteiger partial charge in [-0.05, 0) is 30.7 Å². The summed E-state index contributed by atoms with van der Waals surface area (Å²) in [6, 6.07) is 6.84. The summed E-state index contributed by atoms with van der Waals surface area (Å²) in [5.41, 5.74) is 6.74. The minimum absolute atomic E-state index is 0.0399. The Bertz CT molecular complexity index is 1480. The van der Waals surface area contributed by atoms with Gasteiger partial charge in [-0.15, -0.1) is 0 Å². The van der Waals surface area contributed by atoms with Crippen LogP contribution in [0.25, 0.3) is 22.3 Å². The van der Waals surface area contributed by atoms with E-state index in [9.17, 15) is 19.8 Å². The molecule has 1 atom stereocenters. The fourth-order valence-corrected chi connectivity index (χ4v) is 4.41. The summed E-state index contributed by atoms with van der Waals surface area (Å²) in [6.45, 7) is 7.53. The monoisotopic (exact) mass is 462 g/mol. The number of hydrogen-bond acceptors (Lipinski definition) is 7. The van der Waals surface area contributed by atoms with Crippen LogP contribution in [0.4, 0.5) is 5.69 Å². The molecule has 34 heavy (non-hydrogen) atoms. The van der Waals surface area contributed by atoms with Gasteiger partial charge in [-0.1, -0.05) is 27.7 Å². The largest absolute Gasteiger partial charge is 0.505 e. The van der Waals surface area contributed by atoms with Gasteiger partial charge in [0.1, 0.15) is 18.1 Å². The van der Waals surface area contributed by atoms with Crippen molar-refractivity contribution in [1.82, 2.24) is 9.55 Å². The third-order valence-electron chi connectivity index (χ3n) is 6.65. The number of aliphatic imine (C=N–C) groups is 1. The molecule has 176 valence electrons. The van der Waals surface area contributed by atoms with E-state index in [2.05, 4.69) is 4.99 Å². The predicted molar refractivity (Wildman–Crippen MR) is 127 cm³/mol. The molecule has 0 aliphatic carbocycles. The maximum atomic E-state index is 13.3. The van der Waals surface area contributed by atoms with Crippen LogP contribution in [0, 0.1) is 5.41 Å². The molecule has 4 heterocycles. The zero-order valence-electron chi connectivity index (χ0n) is 19.5. The number of aliphatic hydroxyl groups is 1. The fraction of sp³-hybridized carbons (Fsp3) is 0.360. The Morgan fingerprint density at radius 2 is 2.03 bits per heavy atom. The van der Waals surface area contributed by atoms with E-state index in [0.717, 1.165) is 5.56 Å². The molecule has 0 saturated carbocycles. The highest BCUT2D eigenvalue weighted by atomic mass is 16.6. The summed E-state index contributed by atoms with van der Waals surface area (Å²) < 4.78 is 6.66. The lowest BCUT2D eigenvalue weighted by atomic mass is 9.86. The first-order valence-electron chi connectivity index (χ1n) is 11.1. The highest BCUT2D eigenvalue weighted by Gasteiger charge is 2.45. The van der Waals surface area contributed by atoms with Gasteiger partial charge in [0.05, 0.1) is 29.0 Å². The molecular weight excluding hydrogens is 436 g/mol. The summed E-state index contributed by atoms with van der Waals surface area (Å²) in [6.07, 6.45) is 0.0780. The van der Waals surface area contributed by atoms with E-state index < -0.39 is 11.6 Å². The van der Waals surface area contributed by atoms with Crippen LogP contribution in [-0.4, -0.2) is 31.6 Å². The Kier molecular flexibility index (Phi) is 4.64. The van der Waals surface area contributed by atoms with Crippen molar-refractivity contribution in [3.05, 3.63) is 51.3 Å². The minimum atomic E-state index is -1.87. The standard InChI is InChI=1S/C25H26N4O5/c1-5-25(33)15-9-18-19-12(10-29(18)21(31)14(15)11-34-23(25)32)8-13-16(27-19)6-7-17(20(13)30)28-22(26)24(2,3)4/h6-9,30,33H,5,10-11H2,1-4H3,(H2,26,28)/t25-/m0/s1. The Morgan fingerprint density at radius 3 is 2.71 bits per heavy atom. The van der Waals surface area contributed by atoms with E-state index in [-0.39, 0.29) is 47.4 Å². The number of aromatic nitrogens is 2. The van der Waals surface area contributed by atoms with Crippen molar-refractivity contribution in [2.24, 2.45) is 16.1 Å². The zero-order chi connectivity index (χ0) is 24.6. The number of benzene rings is 1. The van der Waals surface area contributed by atoms with E-state index in [1.165, 1.54) is 0 Å². The molecule has 0 unspecified atom stereocenters. The summed E-state index contributed by atoms with van der Waals surface area (Å²) >= 11 is 0. The molecule has 0 fully saturated rings. The third-order valence-corrected chi connectivity index (χ3v) is 6.65. The lowest BCUT2D eigenvalue weighted by Gasteiger charge is -2.31. The fourth-order valence-electron chi connectivity index (χ4n) is 4.41. The van der Waals surface area contributed by atoms with Crippen LogP contribution in [0.2, 0.25) is 0 Å². The molecule has 3 aromatic rings. The van der Waals surface area contributed by atoms with Crippen LogP contribution in [0.15, 0.2) is 34.1 Å². The number of phenols is 1. The molecule has 5 rings (SSSR count). The van der Waals surface area contributed by atoms with E-state index >= 15 is 0 Å². The van der Waals surface area contributed by atoms with Crippen LogP contribution in [0.3, 0.4) is 0 Å². The lowest BCUT2D eigenvalue weighted by Crippen LogP contribution is -2.44. The molecule has 0 radical (unpaired) electrons. The molecule has 0 bridgehead atoms. The molecule has 2 aliphatic heterocycles. The number of aromatic hydroxyl groups is 1. The number of carbonyl (C=O) groups excluding carboxylic acids is 1. The smallest absolute Gasteiger partial charge is 0.343 e. The number of nitrogens with zero attached hydrogens (tertiary/aromatic N) is 3. The second kappa shape index (κ2) is 7.14. The van der Waals surface area contributed by atoms with Gasteiger partial charge in [0.15, 0.2) is 11.4 Å². The van der Waals surface area contributed by atoms with Crippen LogP contribution >= 0.6 is 0 Å². The molecule has 1 aromatic carbocycles. The van der Waals surface area contributed by atoms with Gasteiger partial charge in [-0.2, -0.15) is 0 Å². The van der Waals surface area contributed by atoms with Crippen LogP contribution in [-0.2, 0) is 28.3 Å². The second-order valence-electron chi connectivity index (χ2n) is 9.85. The van der Waals surface area contributed by atoms with Gasteiger partial charge in [-0.3, -0.25) is 4.79 Å². The minimum Gasteiger partial charge on any atom is -0.505 e. The second-order valence-corrected chi connectivity index (χ2v) is 9.85. The van der Waals surface area contributed by atoms with Crippen molar-refractivity contribution in [2.75, 3.05) is 0 Å². The summed E-state index contributed by atoms with van der Waals surface area (Å²) in [5, 5.41) is 22.4. The molecule has 2 aliphatic rings. The van der Waals surface area contributed by atoms with Crippen molar-refractivity contribution in [3.63, 3.8) is 0 Å². The van der Waals surface area contributed by atoms with E-state index in [1.807, 2.05) is 20.8 Å². The third kappa shape index (κ3) is 3.03.